The van der Waals surface area contributed by atoms with Gasteiger partial charge in [0, 0.05) is 11.2 Å². The van der Waals surface area contributed by atoms with E-state index in [-0.39, 0.29) is 5.56 Å². The maximum absolute atomic E-state index is 11.2. The van der Waals surface area contributed by atoms with Crippen molar-refractivity contribution in [3.8, 4) is 0 Å². The minimum atomic E-state index is -1.00. The van der Waals surface area contributed by atoms with Crippen molar-refractivity contribution in [1.82, 2.24) is 14.8 Å². The highest BCUT2D eigenvalue weighted by molar-refractivity contribution is 6.31. The van der Waals surface area contributed by atoms with Gasteiger partial charge in [0.25, 0.3) is 0 Å². The molecule has 3 rings (SSSR count). The number of carboxylic acid groups (broad SMARTS) is 1. The molecule has 6 heteroatoms. The normalized spacial score (nSPS) is 11.1. The number of carbonyl (C=O) groups is 1. The second-order valence-corrected chi connectivity index (χ2v) is 5.80. The Kier molecular flexibility index (Phi) is 4.05. The molecule has 5 nitrogen and oxygen atoms in total. The molecule has 0 unspecified atom stereocenters. The minimum Gasteiger partial charge on any atom is -0.478 e. The van der Waals surface area contributed by atoms with Gasteiger partial charge in [-0.3, -0.25) is 9.67 Å². The van der Waals surface area contributed by atoms with Crippen molar-refractivity contribution in [3.63, 3.8) is 0 Å². The summed E-state index contributed by atoms with van der Waals surface area (Å²) in [5.41, 5.74) is 4.49. The molecule has 118 valence electrons. The summed E-state index contributed by atoms with van der Waals surface area (Å²) in [7, 11) is 0. The summed E-state index contributed by atoms with van der Waals surface area (Å²) in [6.07, 6.45) is 2.10. The van der Waals surface area contributed by atoms with E-state index in [4.69, 9.17) is 11.6 Å². The van der Waals surface area contributed by atoms with Crippen LogP contribution in [0.2, 0.25) is 5.02 Å². The van der Waals surface area contributed by atoms with E-state index in [2.05, 4.69) is 10.1 Å². The van der Waals surface area contributed by atoms with E-state index in [9.17, 15) is 9.90 Å². The van der Waals surface area contributed by atoms with E-state index >= 15 is 0 Å². The lowest BCUT2D eigenvalue weighted by molar-refractivity contribution is 0.0696. The monoisotopic (exact) mass is 329 g/mol. The van der Waals surface area contributed by atoms with Crippen LogP contribution in [0.5, 0.6) is 0 Å². The number of fused-ring (bicyclic) bond motifs is 1. The Bertz CT molecular complexity index is 882. The Morgan fingerprint density at radius 1 is 1.39 bits per heavy atom. The number of benzene rings is 1. The number of pyridine rings is 1. The van der Waals surface area contributed by atoms with Crippen molar-refractivity contribution in [2.24, 2.45) is 0 Å². The second-order valence-electron chi connectivity index (χ2n) is 5.39. The number of hydrogen-bond acceptors (Lipinski definition) is 3. The largest absolute Gasteiger partial charge is 0.478 e. The molecule has 0 bridgehead atoms. The van der Waals surface area contributed by atoms with Crippen LogP contribution in [0.4, 0.5) is 0 Å². The van der Waals surface area contributed by atoms with Gasteiger partial charge in [-0.25, -0.2) is 4.79 Å². The van der Waals surface area contributed by atoms with Crippen LogP contribution in [0.3, 0.4) is 0 Å². The molecular weight excluding hydrogens is 314 g/mol. The molecule has 1 aromatic carbocycles. The maximum Gasteiger partial charge on any atom is 0.337 e. The van der Waals surface area contributed by atoms with Gasteiger partial charge in [-0.05, 0) is 36.6 Å². The van der Waals surface area contributed by atoms with Gasteiger partial charge in [0.15, 0.2) is 0 Å². The van der Waals surface area contributed by atoms with Crippen molar-refractivity contribution in [1.29, 1.82) is 0 Å². The third kappa shape index (κ3) is 2.80. The number of rotatable bonds is 4. The molecule has 0 fully saturated rings. The number of nitrogens with zero attached hydrogens (tertiary/aromatic N) is 3. The zero-order valence-electron chi connectivity index (χ0n) is 12.9. The van der Waals surface area contributed by atoms with E-state index in [1.165, 1.54) is 6.20 Å². The number of aromatic carboxylic acids is 1. The van der Waals surface area contributed by atoms with Gasteiger partial charge in [-0.15, -0.1) is 0 Å². The molecule has 0 radical (unpaired) electrons. The summed E-state index contributed by atoms with van der Waals surface area (Å²) < 4.78 is 1.78. The Morgan fingerprint density at radius 3 is 2.83 bits per heavy atom. The summed E-state index contributed by atoms with van der Waals surface area (Å²) in [6.45, 7) is 4.47. The molecule has 23 heavy (non-hydrogen) atoms. The molecule has 0 atom stereocenters. The maximum atomic E-state index is 11.2. The number of hydrogen-bond donors (Lipinski definition) is 1. The summed E-state index contributed by atoms with van der Waals surface area (Å²) >= 11 is 6.30. The summed E-state index contributed by atoms with van der Waals surface area (Å²) in [4.78, 5) is 15.5. The van der Waals surface area contributed by atoms with E-state index in [0.717, 1.165) is 28.8 Å². The molecule has 3 aromatic rings. The molecule has 1 N–H and O–H groups in total. The molecule has 2 heterocycles. The van der Waals surface area contributed by atoms with Crippen molar-refractivity contribution in [2.75, 3.05) is 0 Å². The van der Waals surface area contributed by atoms with Crippen molar-refractivity contribution in [2.45, 2.75) is 26.8 Å². The quantitative estimate of drug-likeness (QED) is 0.792. The first-order chi connectivity index (χ1) is 11.0. The van der Waals surface area contributed by atoms with E-state index in [0.29, 0.717) is 17.1 Å². The predicted octanol–water partition coefficient (Wildman–Crippen LogP) is 3.70. The summed E-state index contributed by atoms with van der Waals surface area (Å²) in [5, 5.41) is 14.4. The number of carboxylic acids is 1. The number of aromatic nitrogens is 3. The van der Waals surface area contributed by atoms with Gasteiger partial charge in [0.1, 0.15) is 5.52 Å². The van der Waals surface area contributed by atoms with Gasteiger partial charge in [-0.2, -0.15) is 5.10 Å². The average Bonchev–Trinajstić information content (AvgIpc) is 2.88. The van der Waals surface area contributed by atoms with E-state index in [1.807, 2.05) is 32.0 Å². The summed E-state index contributed by atoms with van der Waals surface area (Å²) in [6, 6.07) is 7.36. The number of aryl methyl sites for hydroxylation is 2. The molecule has 0 aliphatic carbocycles. The van der Waals surface area contributed by atoms with E-state index in [1.54, 1.807) is 10.7 Å². The van der Waals surface area contributed by atoms with Crippen LogP contribution >= 0.6 is 11.6 Å². The molecular formula is C17H16ClN3O2. The first kappa shape index (κ1) is 15.5. The zero-order chi connectivity index (χ0) is 16.6. The molecule has 0 saturated carbocycles. The Morgan fingerprint density at radius 2 is 2.17 bits per heavy atom. The van der Waals surface area contributed by atoms with Crippen LogP contribution in [-0.4, -0.2) is 25.8 Å². The molecule has 0 spiro atoms. The smallest absolute Gasteiger partial charge is 0.337 e. The highest BCUT2D eigenvalue weighted by atomic mass is 35.5. The van der Waals surface area contributed by atoms with Crippen LogP contribution in [0, 0.1) is 6.92 Å². The summed E-state index contributed by atoms with van der Waals surface area (Å²) in [5.74, 6) is -1.00. The molecule has 0 aliphatic heterocycles. The first-order valence-corrected chi connectivity index (χ1v) is 7.71. The molecule has 0 saturated heterocycles. The van der Waals surface area contributed by atoms with Crippen LogP contribution < -0.4 is 0 Å². The van der Waals surface area contributed by atoms with Crippen molar-refractivity contribution >= 4 is 28.6 Å². The van der Waals surface area contributed by atoms with Gasteiger partial charge >= 0.3 is 5.97 Å². The van der Waals surface area contributed by atoms with Crippen molar-refractivity contribution < 1.29 is 9.90 Å². The van der Waals surface area contributed by atoms with Crippen molar-refractivity contribution in [3.05, 3.63) is 57.9 Å². The van der Waals surface area contributed by atoms with Gasteiger partial charge in [-0.1, -0.05) is 30.7 Å². The van der Waals surface area contributed by atoms with Gasteiger partial charge in [0.2, 0.25) is 0 Å². The highest BCUT2D eigenvalue weighted by Gasteiger charge is 2.15. The van der Waals surface area contributed by atoms with Gasteiger partial charge in [0.05, 0.1) is 23.3 Å². The third-order valence-electron chi connectivity index (χ3n) is 3.90. The van der Waals surface area contributed by atoms with Crippen LogP contribution in [0.25, 0.3) is 11.0 Å². The zero-order valence-corrected chi connectivity index (χ0v) is 13.6. The minimum absolute atomic E-state index is 0.150. The first-order valence-electron chi connectivity index (χ1n) is 7.34. The average molecular weight is 330 g/mol. The van der Waals surface area contributed by atoms with Crippen LogP contribution in [0.1, 0.15) is 34.1 Å². The standard InChI is InChI=1S/C17H16ClN3O2/c1-3-14-16-15(7-11(8-19-16)17(22)23)21(20-14)9-12-10(2)5-4-6-13(12)18/h4-8H,3,9H2,1-2H3,(H,22,23). The Labute approximate surface area is 138 Å². The Hall–Kier alpha value is -2.40. The fourth-order valence-corrected chi connectivity index (χ4v) is 2.89. The van der Waals surface area contributed by atoms with Crippen LogP contribution in [-0.2, 0) is 13.0 Å². The fourth-order valence-electron chi connectivity index (χ4n) is 2.61. The lowest BCUT2D eigenvalue weighted by atomic mass is 10.1. The van der Waals surface area contributed by atoms with Gasteiger partial charge < -0.3 is 5.11 Å². The SMILES string of the molecule is CCc1nn(Cc2c(C)cccc2Cl)c2cc(C(=O)O)cnc12. The Balaban J connectivity index is 2.16. The third-order valence-corrected chi connectivity index (χ3v) is 4.26. The predicted molar refractivity (Wildman–Crippen MR) is 89.2 cm³/mol. The highest BCUT2D eigenvalue weighted by Crippen LogP contribution is 2.24. The van der Waals surface area contributed by atoms with Crippen LogP contribution in [0.15, 0.2) is 30.5 Å². The molecule has 0 aliphatic rings. The lowest BCUT2D eigenvalue weighted by Gasteiger charge is -2.09. The number of halogens is 1. The topological polar surface area (TPSA) is 68.0 Å². The molecule has 0 amide bonds. The molecule has 2 aromatic heterocycles. The second kappa shape index (κ2) is 6.01. The van der Waals surface area contributed by atoms with E-state index < -0.39 is 5.97 Å². The lowest BCUT2D eigenvalue weighted by Crippen LogP contribution is -2.05. The fraction of sp³-hybridized carbons (Fsp3) is 0.235.